The summed E-state index contributed by atoms with van der Waals surface area (Å²) in [4.78, 5) is 0. The molecule has 2 rings (SSSR count). The molecule has 1 aliphatic rings. The highest BCUT2D eigenvalue weighted by atomic mass is 16.7. The molecule has 0 spiro atoms. The van der Waals surface area contributed by atoms with E-state index in [0.29, 0.717) is 0 Å². The summed E-state index contributed by atoms with van der Waals surface area (Å²) < 4.78 is 11.7. The fourth-order valence-corrected chi connectivity index (χ4v) is 1.81. The molecule has 1 aromatic carbocycles. The van der Waals surface area contributed by atoms with Crippen LogP contribution in [0.3, 0.4) is 0 Å². The van der Waals surface area contributed by atoms with E-state index in [1.165, 1.54) is 5.56 Å². The van der Waals surface area contributed by atoms with Crippen molar-refractivity contribution in [2.45, 2.75) is 45.8 Å². The van der Waals surface area contributed by atoms with Crippen molar-refractivity contribution in [3.8, 4) is 0 Å². The number of benzene rings is 1. The van der Waals surface area contributed by atoms with Gasteiger partial charge in [-0.1, -0.05) is 31.2 Å². The van der Waals surface area contributed by atoms with E-state index in [4.69, 9.17) is 9.31 Å². The zero-order valence-corrected chi connectivity index (χ0v) is 10.5. The Morgan fingerprint density at radius 3 is 2.31 bits per heavy atom. The van der Waals surface area contributed by atoms with Gasteiger partial charge in [0.05, 0.1) is 11.7 Å². The summed E-state index contributed by atoms with van der Waals surface area (Å²) in [6.45, 7) is 8.35. The molecule has 2 nitrogen and oxygen atoms in total. The first-order chi connectivity index (χ1) is 7.53. The predicted molar refractivity (Wildman–Crippen MR) is 66.9 cm³/mol. The van der Waals surface area contributed by atoms with E-state index in [9.17, 15) is 0 Å². The van der Waals surface area contributed by atoms with Crippen molar-refractivity contribution in [2.24, 2.45) is 0 Å². The summed E-state index contributed by atoms with van der Waals surface area (Å²) in [5.41, 5.74) is 2.25. The number of hydrogen-bond donors (Lipinski definition) is 0. The maximum absolute atomic E-state index is 5.90. The molecular formula is C13H19BO2. The third-order valence-electron chi connectivity index (χ3n) is 3.38. The molecule has 1 aliphatic heterocycles. The van der Waals surface area contributed by atoms with Gasteiger partial charge in [0.1, 0.15) is 0 Å². The Morgan fingerprint density at radius 1 is 1.25 bits per heavy atom. The molecule has 86 valence electrons. The third kappa shape index (κ3) is 2.16. The summed E-state index contributed by atoms with van der Waals surface area (Å²) in [5.74, 6) is 0. The summed E-state index contributed by atoms with van der Waals surface area (Å²) >= 11 is 0. The topological polar surface area (TPSA) is 18.5 Å². The maximum atomic E-state index is 5.90. The van der Waals surface area contributed by atoms with Gasteiger partial charge in [-0.15, -0.1) is 0 Å². The van der Waals surface area contributed by atoms with Crippen molar-refractivity contribution in [3.05, 3.63) is 29.8 Å². The smallest absolute Gasteiger partial charge is 0.402 e. The Hall–Kier alpha value is -0.795. The largest absolute Gasteiger partial charge is 0.494 e. The van der Waals surface area contributed by atoms with Gasteiger partial charge in [0.2, 0.25) is 0 Å². The molecule has 1 fully saturated rings. The third-order valence-corrected chi connectivity index (χ3v) is 3.38. The number of rotatable bonds is 2. The van der Waals surface area contributed by atoms with Gasteiger partial charge in [0.25, 0.3) is 0 Å². The van der Waals surface area contributed by atoms with Crippen LogP contribution in [-0.4, -0.2) is 18.8 Å². The van der Waals surface area contributed by atoms with Crippen molar-refractivity contribution in [1.82, 2.24) is 0 Å². The molecule has 1 saturated heterocycles. The fraction of sp³-hybridized carbons (Fsp3) is 0.538. The summed E-state index contributed by atoms with van der Waals surface area (Å²) in [6.07, 6.45) is 1.19. The van der Waals surface area contributed by atoms with E-state index in [1.807, 2.05) is 0 Å². The molecule has 0 radical (unpaired) electrons. The lowest BCUT2D eigenvalue weighted by molar-refractivity contribution is 0.0842. The Balaban J connectivity index is 2.14. The van der Waals surface area contributed by atoms with Crippen LogP contribution in [0.15, 0.2) is 24.3 Å². The van der Waals surface area contributed by atoms with E-state index in [0.717, 1.165) is 11.9 Å². The van der Waals surface area contributed by atoms with Crippen LogP contribution in [0, 0.1) is 0 Å². The van der Waals surface area contributed by atoms with Crippen LogP contribution in [-0.2, 0) is 15.7 Å². The van der Waals surface area contributed by atoms with Gasteiger partial charge in [-0.05, 0) is 38.2 Å². The highest BCUT2D eigenvalue weighted by molar-refractivity contribution is 6.61. The Bertz CT molecular complexity index is 359. The second-order valence-corrected chi connectivity index (χ2v) is 4.93. The first-order valence-electron chi connectivity index (χ1n) is 5.95. The van der Waals surface area contributed by atoms with E-state index < -0.39 is 0 Å². The maximum Gasteiger partial charge on any atom is 0.494 e. The molecule has 16 heavy (non-hydrogen) atoms. The molecule has 1 atom stereocenters. The lowest BCUT2D eigenvalue weighted by Crippen LogP contribution is -2.34. The summed E-state index contributed by atoms with van der Waals surface area (Å²) in [7, 11) is -0.212. The van der Waals surface area contributed by atoms with Crippen molar-refractivity contribution in [3.63, 3.8) is 0 Å². The van der Waals surface area contributed by atoms with Crippen LogP contribution < -0.4 is 5.46 Å². The Morgan fingerprint density at radius 2 is 1.88 bits per heavy atom. The summed E-state index contributed by atoms with van der Waals surface area (Å²) in [6, 6.07) is 8.46. The van der Waals surface area contributed by atoms with Crippen LogP contribution >= 0.6 is 0 Å². The molecule has 0 bridgehead atoms. The van der Waals surface area contributed by atoms with Crippen LogP contribution in [0.5, 0.6) is 0 Å². The second kappa shape index (κ2) is 4.23. The van der Waals surface area contributed by atoms with Gasteiger partial charge in [-0.25, -0.2) is 0 Å². The normalized spacial score (nSPS) is 23.8. The average Bonchev–Trinajstić information content (AvgIpc) is 2.54. The van der Waals surface area contributed by atoms with Gasteiger partial charge in [0, 0.05) is 0 Å². The molecule has 0 N–H and O–H groups in total. The molecule has 0 aliphatic carbocycles. The molecule has 3 heteroatoms. The van der Waals surface area contributed by atoms with Crippen molar-refractivity contribution < 1.29 is 9.31 Å². The lowest BCUT2D eigenvalue weighted by atomic mass is 9.79. The highest BCUT2D eigenvalue weighted by Gasteiger charge is 2.43. The van der Waals surface area contributed by atoms with E-state index >= 15 is 0 Å². The molecule has 1 heterocycles. The van der Waals surface area contributed by atoms with Gasteiger partial charge in [-0.2, -0.15) is 0 Å². The molecule has 0 saturated carbocycles. The Labute approximate surface area is 98.1 Å². The first-order valence-corrected chi connectivity index (χ1v) is 5.95. The molecule has 1 unspecified atom stereocenters. The minimum absolute atomic E-state index is 0.128. The van der Waals surface area contributed by atoms with Crippen LogP contribution in [0.4, 0.5) is 0 Å². The second-order valence-electron chi connectivity index (χ2n) is 4.93. The van der Waals surface area contributed by atoms with Gasteiger partial charge in [0.15, 0.2) is 0 Å². The van der Waals surface area contributed by atoms with Crippen LogP contribution in [0.2, 0.25) is 0 Å². The van der Waals surface area contributed by atoms with E-state index in [-0.39, 0.29) is 18.8 Å². The van der Waals surface area contributed by atoms with Gasteiger partial charge < -0.3 is 9.31 Å². The van der Waals surface area contributed by atoms with Crippen LogP contribution in [0.25, 0.3) is 0 Å². The van der Waals surface area contributed by atoms with E-state index in [1.54, 1.807) is 0 Å². The lowest BCUT2D eigenvalue weighted by Gasteiger charge is -2.21. The predicted octanol–water partition coefficient (Wildman–Crippen LogP) is 2.16. The minimum atomic E-state index is -0.212. The minimum Gasteiger partial charge on any atom is -0.402 e. The molecule has 1 aromatic rings. The average molecular weight is 218 g/mol. The number of hydrogen-bond acceptors (Lipinski definition) is 2. The van der Waals surface area contributed by atoms with E-state index in [2.05, 4.69) is 52.0 Å². The highest BCUT2D eigenvalue weighted by Crippen LogP contribution is 2.26. The standard InChI is InChI=1S/C13H19BO2/c1-5-11-6-8-12(9-7-11)14-15-10(2)13(3,4)16-14/h6-10H,5H2,1-4H3. The fourth-order valence-electron chi connectivity index (χ4n) is 1.81. The first kappa shape index (κ1) is 11.7. The van der Waals surface area contributed by atoms with Crippen molar-refractivity contribution >= 4 is 12.6 Å². The van der Waals surface area contributed by atoms with Crippen molar-refractivity contribution in [2.75, 3.05) is 0 Å². The van der Waals surface area contributed by atoms with Gasteiger partial charge >= 0.3 is 7.12 Å². The zero-order chi connectivity index (χ0) is 11.8. The number of aryl methyl sites for hydroxylation is 1. The van der Waals surface area contributed by atoms with Gasteiger partial charge in [-0.3, -0.25) is 0 Å². The zero-order valence-electron chi connectivity index (χ0n) is 10.5. The molecular weight excluding hydrogens is 199 g/mol. The SMILES string of the molecule is CCc1ccc(B2OC(C)C(C)(C)O2)cc1. The monoisotopic (exact) mass is 218 g/mol. The van der Waals surface area contributed by atoms with Crippen molar-refractivity contribution in [1.29, 1.82) is 0 Å². The quantitative estimate of drug-likeness (QED) is 0.708. The molecule has 0 amide bonds. The molecule has 0 aromatic heterocycles. The summed E-state index contributed by atoms with van der Waals surface area (Å²) in [5, 5.41) is 0. The van der Waals surface area contributed by atoms with Crippen LogP contribution in [0.1, 0.15) is 33.3 Å². The Kier molecular flexibility index (Phi) is 3.09.